The Balaban J connectivity index is 1.48. The van der Waals surface area contributed by atoms with Crippen molar-refractivity contribution in [3.63, 3.8) is 0 Å². The number of nitrogens with zero attached hydrogens (tertiary/aromatic N) is 5. The molecule has 2 N–H and O–H groups in total. The molecule has 0 bridgehead atoms. The van der Waals surface area contributed by atoms with Crippen LogP contribution in [0.5, 0.6) is 0 Å². The molecule has 1 fully saturated rings. The molecule has 4 aromatic rings. The van der Waals surface area contributed by atoms with E-state index < -0.39 is 0 Å². The number of pyridine rings is 1. The Kier molecular flexibility index (Phi) is 3.94. The quantitative estimate of drug-likeness (QED) is 0.567. The number of H-pyrrole nitrogens is 1. The summed E-state index contributed by atoms with van der Waals surface area (Å²) in [5, 5.41) is 15.8. The van der Waals surface area contributed by atoms with Gasteiger partial charge in [0.1, 0.15) is 5.52 Å². The second kappa shape index (κ2) is 6.61. The first-order chi connectivity index (χ1) is 13.7. The molecule has 0 radical (unpaired) electrons. The summed E-state index contributed by atoms with van der Waals surface area (Å²) in [4.78, 5) is 19.0. The van der Waals surface area contributed by atoms with Crippen LogP contribution >= 0.6 is 0 Å². The van der Waals surface area contributed by atoms with Crippen LogP contribution < -0.4 is 5.32 Å². The first-order valence-corrected chi connectivity index (χ1v) is 9.10. The predicted octanol–water partition coefficient (Wildman–Crippen LogP) is 2.06. The van der Waals surface area contributed by atoms with Crippen LogP contribution in [0.3, 0.4) is 0 Å². The molecule has 1 saturated heterocycles. The molecular formula is C19H19N7O2. The lowest BCUT2D eigenvalue weighted by Crippen LogP contribution is -2.40. The highest BCUT2D eigenvalue weighted by Crippen LogP contribution is 2.27. The van der Waals surface area contributed by atoms with Gasteiger partial charge in [0, 0.05) is 37.4 Å². The minimum atomic E-state index is -0.0582. The minimum absolute atomic E-state index is 0.0582. The van der Waals surface area contributed by atoms with Gasteiger partial charge in [0.15, 0.2) is 11.5 Å². The Morgan fingerprint density at radius 1 is 1.25 bits per heavy atom. The van der Waals surface area contributed by atoms with Gasteiger partial charge in [-0.2, -0.15) is 10.2 Å². The van der Waals surface area contributed by atoms with Crippen LogP contribution in [-0.2, 0) is 11.8 Å². The fourth-order valence-electron chi connectivity index (χ4n) is 3.49. The Morgan fingerprint density at radius 3 is 2.96 bits per heavy atom. The van der Waals surface area contributed by atoms with Gasteiger partial charge < -0.3 is 15.0 Å². The molecule has 1 aliphatic heterocycles. The maximum atomic E-state index is 12.9. The number of benzene rings is 1. The molecule has 4 heterocycles. The van der Waals surface area contributed by atoms with Gasteiger partial charge in [-0.05, 0) is 30.3 Å². The van der Waals surface area contributed by atoms with E-state index in [0.29, 0.717) is 37.8 Å². The van der Waals surface area contributed by atoms with Crippen LogP contribution in [0.4, 0.5) is 11.5 Å². The molecule has 9 nitrogen and oxygen atoms in total. The Morgan fingerprint density at radius 2 is 2.11 bits per heavy atom. The highest BCUT2D eigenvalue weighted by Gasteiger charge is 2.24. The van der Waals surface area contributed by atoms with Crippen molar-refractivity contribution in [2.45, 2.75) is 0 Å². The summed E-state index contributed by atoms with van der Waals surface area (Å²) < 4.78 is 7.06. The smallest absolute Gasteiger partial charge is 0.275 e. The lowest BCUT2D eigenvalue weighted by molar-refractivity contribution is 0.0300. The number of aromatic nitrogens is 5. The lowest BCUT2D eigenvalue weighted by atomic mass is 10.1. The van der Waals surface area contributed by atoms with Gasteiger partial charge in [0.2, 0.25) is 0 Å². The summed E-state index contributed by atoms with van der Waals surface area (Å²) in [5.41, 5.74) is 3.83. The predicted molar refractivity (Wildman–Crippen MR) is 105 cm³/mol. The van der Waals surface area contributed by atoms with E-state index in [2.05, 4.69) is 25.6 Å². The largest absolute Gasteiger partial charge is 0.378 e. The van der Waals surface area contributed by atoms with E-state index in [0.717, 1.165) is 27.6 Å². The Hall–Kier alpha value is -3.46. The van der Waals surface area contributed by atoms with E-state index >= 15 is 0 Å². The Bertz CT molecular complexity index is 1170. The molecule has 9 heteroatoms. The monoisotopic (exact) mass is 377 g/mol. The highest BCUT2D eigenvalue weighted by atomic mass is 16.5. The summed E-state index contributed by atoms with van der Waals surface area (Å²) >= 11 is 0. The standard InChI is InChI=1S/C19H19N7O2/c1-25-15-11-12(21-18-17-14(22-23-18)3-2-6-20-17)4-5-13(15)16(24-25)19(27)26-7-9-28-10-8-26/h2-6,11H,7-10H2,1H3,(H2,21,22,23). The van der Waals surface area contributed by atoms with Crippen LogP contribution in [0, 0.1) is 0 Å². The number of carbonyl (C=O) groups excluding carboxylic acids is 1. The summed E-state index contributed by atoms with van der Waals surface area (Å²) in [6, 6.07) is 9.58. The first kappa shape index (κ1) is 16.7. The zero-order valence-corrected chi connectivity index (χ0v) is 15.3. The topological polar surface area (TPSA) is 101 Å². The van der Waals surface area contributed by atoms with Crippen LogP contribution in [0.25, 0.3) is 21.9 Å². The van der Waals surface area contributed by atoms with Gasteiger partial charge in [-0.15, -0.1) is 0 Å². The van der Waals surface area contributed by atoms with E-state index in [4.69, 9.17) is 4.74 Å². The van der Waals surface area contributed by atoms with Crippen LogP contribution in [-0.4, -0.2) is 62.1 Å². The molecule has 0 saturated carbocycles. The number of anilines is 2. The number of amides is 1. The van der Waals surface area contributed by atoms with E-state index in [1.165, 1.54) is 0 Å². The number of carbonyl (C=O) groups is 1. The van der Waals surface area contributed by atoms with Gasteiger partial charge in [-0.25, -0.2) is 0 Å². The average molecular weight is 377 g/mol. The van der Waals surface area contributed by atoms with E-state index in [9.17, 15) is 4.79 Å². The molecule has 3 aromatic heterocycles. The Labute approximate surface area is 160 Å². The molecule has 0 atom stereocenters. The van der Waals surface area contributed by atoms with Gasteiger partial charge >= 0.3 is 0 Å². The summed E-state index contributed by atoms with van der Waals surface area (Å²) in [5.74, 6) is 0.596. The van der Waals surface area contributed by atoms with Crippen molar-refractivity contribution in [1.82, 2.24) is 29.9 Å². The number of aromatic amines is 1. The molecule has 0 aliphatic carbocycles. The normalized spacial score (nSPS) is 14.7. The van der Waals surface area contributed by atoms with Gasteiger partial charge in [-0.1, -0.05) is 0 Å². The molecule has 0 unspecified atom stereocenters. The second-order valence-corrected chi connectivity index (χ2v) is 6.71. The number of hydrogen-bond acceptors (Lipinski definition) is 6. The number of fused-ring (bicyclic) bond motifs is 2. The van der Waals surface area contributed by atoms with Crippen molar-refractivity contribution >= 4 is 39.3 Å². The maximum absolute atomic E-state index is 12.9. The third-order valence-electron chi connectivity index (χ3n) is 4.94. The molecule has 5 rings (SSSR count). The fourth-order valence-corrected chi connectivity index (χ4v) is 3.49. The number of rotatable bonds is 3. The first-order valence-electron chi connectivity index (χ1n) is 9.10. The molecular weight excluding hydrogens is 358 g/mol. The number of morpholine rings is 1. The van der Waals surface area contributed by atoms with Crippen molar-refractivity contribution in [2.24, 2.45) is 7.05 Å². The zero-order valence-electron chi connectivity index (χ0n) is 15.3. The van der Waals surface area contributed by atoms with Crippen LogP contribution in [0.15, 0.2) is 36.5 Å². The third kappa shape index (κ3) is 2.76. The molecule has 0 spiro atoms. The SMILES string of the molecule is Cn1nc(C(=O)N2CCOCC2)c2ccc(Nc3n[nH]c4cccnc34)cc21. The van der Waals surface area contributed by atoms with E-state index in [1.54, 1.807) is 15.8 Å². The number of aryl methyl sites for hydroxylation is 1. The fraction of sp³-hybridized carbons (Fsp3) is 0.263. The van der Waals surface area contributed by atoms with Crippen LogP contribution in [0.2, 0.25) is 0 Å². The molecule has 142 valence electrons. The summed E-state index contributed by atoms with van der Waals surface area (Å²) in [6.45, 7) is 2.32. The van der Waals surface area contributed by atoms with Crippen molar-refractivity contribution in [3.8, 4) is 0 Å². The van der Waals surface area contributed by atoms with Gasteiger partial charge in [-0.3, -0.25) is 19.6 Å². The van der Waals surface area contributed by atoms with Crippen molar-refractivity contribution in [3.05, 3.63) is 42.2 Å². The lowest BCUT2D eigenvalue weighted by Gasteiger charge is -2.26. The van der Waals surface area contributed by atoms with Crippen molar-refractivity contribution in [2.75, 3.05) is 31.6 Å². The zero-order chi connectivity index (χ0) is 19.1. The van der Waals surface area contributed by atoms with Crippen molar-refractivity contribution < 1.29 is 9.53 Å². The van der Waals surface area contributed by atoms with Gasteiger partial charge in [0.25, 0.3) is 5.91 Å². The maximum Gasteiger partial charge on any atom is 0.275 e. The van der Waals surface area contributed by atoms with E-state index in [1.807, 2.05) is 37.4 Å². The molecule has 1 aliphatic rings. The average Bonchev–Trinajstić information content (AvgIpc) is 3.29. The van der Waals surface area contributed by atoms with E-state index in [-0.39, 0.29) is 5.91 Å². The van der Waals surface area contributed by atoms with Crippen LogP contribution in [0.1, 0.15) is 10.5 Å². The highest BCUT2D eigenvalue weighted by molar-refractivity contribution is 6.05. The van der Waals surface area contributed by atoms with Gasteiger partial charge in [0.05, 0.1) is 24.2 Å². The molecule has 1 amide bonds. The van der Waals surface area contributed by atoms with Crippen molar-refractivity contribution in [1.29, 1.82) is 0 Å². The minimum Gasteiger partial charge on any atom is -0.378 e. The third-order valence-corrected chi connectivity index (χ3v) is 4.94. The number of ether oxygens (including phenoxy) is 1. The summed E-state index contributed by atoms with van der Waals surface area (Å²) in [6.07, 6.45) is 1.73. The number of hydrogen-bond donors (Lipinski definition) is 2. The molecule has 28 heavy (non-hydrogen) atoms. The number of nitrogens with one attached hydrogen (secondary N) is 2. The second-order valence-electron chi connectivity index (χ2n) is 6.71. The summed E-state index contributed by atoms with van der Waals surface area (Å²) in [7, 11) is 1.84. The molecule has 1 aromatic carbocycles.